The largest absolute Gasteiger partial charge is 0.354 e. The van der Waals surface area contributed by atoms with E-state index in [-0.39, 0.29) is 11.8 Å². The van der Waals surface area contributed by atoms with Crippen LogP contribution in [0, 0.1) is 0 Å². The van der Waals surface area contributed by atoms with Gasteiger partial charge >= 0.3 is 0 Å². The number of carbonyl (C=O) groups is 2. The summed E-state index contributed by atoms with van der Waals surface area (Å²) in [6.45, 7) is 0.850. The molecule has 138 valence electrons. The van der Waals surface area contributed by atoms with Crippen LogP contribution < -0.4 is 10.6 Å². The number of amides is 2. The van der Waals surface area contributed by atoms with E-state index in [0.29, 0.717) is 24.6 Å². The molecule has 2 N–H and O–H groups in total. The standard InChI is InChI=1S/C18H18Br2N2O2S2/c19-13-1-5-15(6-2-13)25-11-17(23)21-9-10-22-18(24)12-26-16-7-3-14(20)4-8-16/h1-8H,9-12H2,(H,21,23)(H,22,24). The Morgan fingerprint density at radius 2 is 1.04 bits per heavy atom. The van der Waals surface area contributed by atoms with Gasteiger partial charge in [-0.3, -0.25) is 9.59 Å². The monoisotopic (exact) mass is 516 g/mol. The smallest absolute Gasteiger partial charge is 0.230 e. The molecule has 0 atom stereocenters. The Hall–Kier alpha value is -0.960. The molecule has 0 saturated heterocycles. The molecule has 0 unspecified atom stereocenters. The van der Waals surface area contributed by atoms with Crippen molar-refractivity contribution >= 4 is 67.2 Å². The Morgan fingerprint density at radius 1 is 0.692 bits per heavy atom. The minimum atomic E-state index is -0.0450. The van der Waals surface area contributed by atoms with Gasteiger partial charge in [0.15, 0.2) is 0 Å². The fourth-order valence-corrected chi connectivity index (χ4v) is 3.85. The fourth-order valence-electron chi connectivity index (χ4n) is 1.87. The minimum absolute atomic E-state index is 0.0450. The average molecular weight is 518 g/mol. The van der Waals surface area contributed by atoms with Crippen molar-refractivity contribution in [2.75, 3.05) is 24.6 Å². The highest BCUT2D eigenvalue weighted by molar-refractivity contribution is 9.10. The van der Waals surface area contributed by atoms with Gasteiger partial charge in [-0.2, -0.15) is 0 Å². The molecule has 0 aromatic heterocycles. The summed E-state index contributed by atoms with van der Waals surface area (Å²) in [7, 11) is 0. The van der Waals surface area contributed by atoms with E-state index < -0.39 is 0 Å². The lowest BCUT2D eigenvalue weighted by molar-refractivity contribution is -0.120. The first-order valence-corrected chi connectivity index (χ1v) is 11.4. The number of benzene rings is 2. The molecule has 0 heterocycles. The van der Waals surface area contributed by atoms with Crippen LogP contribution in [0.2, 0.25) is 0 Å². The first-order valence-electron chi connectivity index (χ1n) is 7.83. The summed E-state index contributed by atoms with van der Waals surface area (Å²) in [5.41, 5.74) is 0. The van der Waals surface area contributed by atoms with E-state index >= 15 is 0 Å². The molecule has 0 bridgehead atoms. The van der Waals surface area contributed by atoms with Crippen molar-refractivity contribution in [2.24, 2.45) is 0 Å². The number of halogens is 2. The minimum Gasteiger partial charge on any atom is -0.354 e. The Bertz CT molecular complexity index is 661. The third-order valence-electron chi connectivity index (χ3n) is 3.14. The van der Waals surface area contributed by atoms with Crippen molar-refractivity contribution in [1.29, 1.82) is 0 Å². The Labute approximate surface area is 178 Å². The van der Waals surface area contributed by atoms with Crippen molar-refractivity contribution in [3.63, 3.8) is 0 Å². The maximum atomic E-state index is 11.8. The van der Waals surface area contributed by atoms with Gasteiger partial charge in [0.25, 0.3) is 0 Å². The predicted octanol–water partition coefficient (Wildman–Crippen LogP) is 4.33. The van der Waals surface area contributed by atoms with Gasteiger partial charge in [0.1, 0.15) is 0 Å². The van der Waals surface area contributed by atoms with Gasteiger partial charge in [-0.05, 0) is 48.5 Å². The zero-order valence-electron chi connectivity index (χ0n) is 13.8. The molecule has 0 radical (unpaired) electrons. The summed E-state index contributed by atoms with van der Waals surface area (Å²) < 4.78 is 2.03. The van der Waals surface area contributed by atoms with Gasteiger partial charge in [0.05, 0.1) is 11.5 Å². The van der Waals surface area contributed by atoms with Crippen molar-refractivity contribution < 1.29 is 9.59 Å². The van der Waals surface area contributed by atoms with Crippen LogP contribution >= 0.6 is 55.4 Å². The Balaban J connectivity index is 1.54. The van der Waals surface area contributed by atoms with Crippen LogP contribution in [0.25, 0.3) is 0 Å². The van der Waals surface area contributed by atoms with Crippen molar-refractivity contribution in [2.45, 2.75) is 9.79 Å². The first-order chi connectivity index (χ1) is 12.5. The van der Waals surface area contributed by atoms with Gasteiger partial charge in [-0.15, -0.1) is 23.5 Å². The van der Waals surface area contributed by atoms with Crippen molar-refractivity contribution in [3.05, 3.63) is 57.5 Å². The van der Waals surface area contributed by atoms with E-state index in [4.69, 9.17) is 0 Å². The molecule has 2 aromatic carbocycles. The molecule has 0 aliphatic carbocycles. The summed E-state index contributed by atoms with van der Waals surface area (Å²) in [5, 5.41) is 5.61. The highest BCUT2D eigenvalue weighted by Gasteiger charge is 2.05. The maximum absolute atomic E-state index is 11.8. The molecular formula is C18H18Br2N2O2S2. The van der Waals surface area contributed by atoms with Crippen molar-refractivity contribution in [1.82, 2.24) is 10.6 Å². The van der Waals surface area contributed by atoms with Gasteiger partial charge < -0.3 is 10.6 Å². The SMILES string of the molecule is O=C(CSc1ccc(Br)cc1)NCCNC(=O)CSc1ccc(Br)cc1. The van der Waals surface area contributed by atoms with E-state index in [0.717, 1.165) is 18.7 Å². The topological polar surface area (TPSA) is 58.2 Å². The third kappa shape index (κ3) is 8.62. The molecule has 0 aliphatic rings. The lowest BCUT2D eigenvalue weighted by Crippen LogP contribution is -2.36. The van der Waals surface area contributed by atoms with Crippen LogP contribution in [0.15, 0.2) is 67.3 Å². The summed E-state index contributed by atoms with van der Waals surface area (Å²) in [5.74, 6) is 0.622. The van der Waals surface area contributed by atoms with Crippen LogP contribution in [0.4, 0.5) is 0 Å². The van der Waals surface area contributed by atoms with E-state index in [1.54, 1.807) is 0 Å². The second-order valence-electron chi connectivity index (χ2n) is 5.19. The van der Waals surface area contributed by atoms with E-state index in [2.05, 4.69) is 42.5 Å². The predicted molar refractivity (Wildman–Crippen MR) is 116 cm³/mol. The highest BCUT2D eigenvalue weighted by Crippen LogP contribution is 2.21. The van der Waals surface area contributed by atoms with Gasteiger partial charge in [-0.25, -0.2) is 0 Å². The number of carbonyl (C=O) groups excluding carboxylic acids is 2. The molecule has 26 heavy (non-hydrogen) atoms. The number of thioether (sulfide) groups is 2. The molecule has 0 spiro atoms. The average Bonchev–Trinajstić information content (AvgIpc) is 2.64. The van der Waals surface area contributed by atoms with Gasteiger partial charge in [0, 0.05) is 31.8 Å². The zero-order valence-corrected chi connectivity index (χ0v) is 18.6. The summed E-state index contributed by atoms with van der Waals surface area (Å²) >= 11 is 9.72. The zero-order chi connectivity index (χ0) is 18.8. The summed E-state index contributed by atoms with van der Waals surface area (Å²) in [4.78, 5) is 25.7. The van der Waals surface area contributed by atoms with E-state index in [1.165, 1.54) is 23.5 Å². The molecule has 0 fully saturated rings. The highest BCUT2D eigenvalue weighted by atomic mass is 79.9. The molecule has 0 saturated carbocycles. The Morgan fingerprint density at radius 3 is 1.38 bits per heavy atom. The third-order valence-corrected chi connectivity index (χ3v) is 6.22. The fraction of sp³-hybridized carbons (Fsp3) is 0.222. The molecule has 2 rings (SSSR count). The first kappa shape index (κ1) is 21.3. The number of nitrogens with one attached hydrogen (secondary N) is 2. The molecule has 2 aromatic rings. The van der Waals surface area contributed by atoms with Crippen LogP contribution in [0.3, 0.4) is 0 Å². The van der Waals surface area contributed by atoms with Crippen molar-refractivity contribution in [3.8, 4) is 0 Å². The Kier molecular flexibility index (Phi) is 9.60. The molecule has 2 amide bonds. The molecule has 8 heteroatoms. The second kappa shape index (κ2) is 11.7. The molecule has 4 nitrogen and oxygen atoms in total. The molecular weight excluding hydrogens is 500 g/mol. The van der Waals surface area contributed by atoms with Gasteiger partial charge in [0.2, 0.25) is 11.8 Å². The van der Waals surface area contributed by atoms with Crippen LogP contribution in [0.1, 0.15) is 0 Å². The summed E-state index contributed by atoms with van der Waals surface area (Å²) in [6.07, 6.45) is 0. The van der Waals surface area contributed by atoms with Gasteiger partial charge in [-0.1, -0.05) is 31.9 Å². The lowest BCUT2D eigenvalue weighted by atomic mass is 10.4. The number of rotatable bonds is 9. The normalized spacial score (nSPS) is 10.4. The van der Waals surface area contributed by atoms with E-state index in [1.807, 2.05) is 48.5 Å². The molecule has 0 aliphatic heterocycles. The summed E-state index contributed by atoms with van der Waals surface area (Å²) in [6, 6.07) is 15.6. The van der Waals surface area contributed by atoms with Crippen LogP contribution in [-0.2, 0) is 9.59 Å². The van der Waals surface area contributed by atoms with E-state index in [9.17, 15) is 9.59 Å². The number of hydrogen-bond donors (Lipinski definition) is 2. The van der Waals surface area contributed by atoms with Crippen LogP contribution in [0.5, 0.6) is 0 Å². The maximum Gasteiger partial charge on any atom is 0.230 e. The second-order valence-corrected chi connectivity index (χ2v) is 9.11. The quantitative estimate of drug-likeness (QED) is 0.384. The lowest BCUT2D eigenvalue weighted by Gasteiger charge is -2.07. The van der Waals surface area contributed by atoms with Crippen LogP contribution in [-0.4, -0.2) is 36.4 Å². The number of hydrogen-bond acceptors (Lipinski definition) is 4.